The molecule has 0 radical (unpaired) electrons. The highest BCUT2D eigenvalue weighted by Crippen LogP contribution is 2.31. The maximum absolute atomic E-state index is 11.0. The second kappa shape index (κ2) is 5.32. The molecule has 0 bridgehead atoms. The molecule has 0 saturated heterocycles. The molecule has 1 aromatic carbocycles. The van der Waals surface area contributed by atoms with Gasteiger partial charge in [-0.05, 0) is 44.3 Å². The van der Waals surface area contributed by atoms with Gasteiger partial charge in [-0.15, -0.1) is 0 Å². The molecule has 0 aliphatic heterocycles. The Bertz CT molecular complexity index is 391. The molecule has 0 fully saturated rings. The summed E-state index contributed by atoms with van der Waals surface area (Å²) in [6, 6.07) is 3.36. The van der Waals surface area contributed by atoms with Gasteiger partial charge < -0.3 is 9.53 Å². The van der Waals surface area contributed by atoms with Gasteiger partial charge in [0.15, 0.2) is 0 Å². The Morgan fingerprint density at radius 3 is 2.50 bits per heavy atom. The summed E-state index contributed by atoms with van der Waals surface area (Å²) in [5, 5.41) is 0.525. The van der Waals surface area contributed by atoms with Crippen molar-refractivity contribution in [3.8, 4) is 5.75 Å². The first kappa shape index (κ1) is 13.0. The minimum Gasteiger partial charge on any atom is -0.495 e. The third-order valence-electron chi connectivity index (χ3n) is 2.54. The van der Waals surface area contributed by atoms with Gasteiger partial charge in [-0.25, -0.2) is 0 Å². The van der Waals surface area contributed by atoms with E-state index in [1.54, 1.807) is 13.2 Å². The fourth-order valence-electron chi connectivity index (χ4n) is 1.62. The minimum atomic E-state index is -0.275. The third-order valence-corrected chi connectivity index (χ3v) is 2.84. The van der Waals surface area contributed by atoms with Gasteiger partial charge in [0.1, 0.15) is 12.0 Å². The number of benzene rings is 1. The highest BCUT2D eigenvalue weighted by Gasteiger charge is 2.17. The molecule has 0 aliphatic carbocycles. The van der Waals surface area contributed by atoms with Gasteiger partial charge in [0.25, 0.3) is 0 Å². The predicted octanol–water partition coefficient (Wildman–Crippen LogP) is 2.46. The van der Waals surface area contributed by atoms with E-state index in [1.807, 2.05) is 32.0 Å². The fraction of sp³-hybridized carbons (Fsp3) is 0.417. The molecular weight excluding hydrogens is 226 g/mol. The second-order valence-corrected chi connectivity index (χ2v) is 4.30. The standard InChI is InChI=1S/C12H16ClNO2/c1-8-5-12(16-4)10(13)6-9(8)11(7-15)14(2)3/h5-7,11H,1-4H3. The molecule has 0 spiro atoms. The van der Waals surface area contributed by atoms with Crippen molar-refractivity contribution in [2.75, 3.05) is 21.2 Å². The maximum Gasteiger partial charge on any atom is 0.141 e. The molecular formula is C12H16ClNO2. The Labute approximate surface area is 101 Å². The van der Waals surface area contributed by atoms with Crippen LogP contribution in [-0.4, -0.2) is 32.4 Å². The predicted molar refractivity (Wildman–Crippen MR) is 65.2 cm³/mol. The van der Waals surface area contributed by atoms with Crippen molar-refractivity contribution in [2.24, 2.45) is 0 Å². The smallest absolute Gasteiger partial charge is 0.141 e. The van der Waals surface area contributed by atoms with Crippen molar-refractivity contribution in [3.63, 3.8) is 0 Å². The molecule has 1 atom stereocenters. The van der Waals surface area contributed by atoms with Gasteiger partial charge in [-0.3, -0.25) is 4.90 Å². The number of hydrogen-bond acceptors (Lipinski definition) is 3. The van der Waals surface area contributed by atoms with Crippen molar-refractivity contribution in [1.82, 2.24) is 4.90 Å². The molecule has 0 saturated carbocycles. The number of aryl methyl sites for hydroxylation is 1. The van der Waals surface area contributed by atoms with Gasteiger partial charge in [0.05, 0.1) is 18.2 Å². The van der Waals surface area contributed by atoms with Gasteiger partial charge >= 0.3 is 0 Å². The molecule has 16 heavy (non-hydrogen) atoms. The molecule has 0 heterocycles. The van der Waals surface area contributed by atoms with E-state index < -0.39 is 0 Å². The number of carbonyl (C=O) groups excluding carboxylic acids is 1. The Balaban J connectivity index is 3.24. The number of hydrogen-bond donors (Lipinski definition) is 0. The topological polar surface area (TPSA) is 29.5 Å². The maximum atomic E-state index is 11.0. The Hall–Kier alpha value is -1.06. The Kier molecular flexibility index (Phi) is 4.33. The molecule has 4 heteroatoms. The van der Waals surface area contributed by atoms with E-state index in [9.17, 15) is 4.79 Å². The zero-order chi connectivity index (χ0) is 12.3. The quantitative estimate of drug-likeness (QED) is 0.759. The summed E-state index contributed by atoms with van der Waals surface area (Å²) in [5.41, 5.74) is 1.90. The van der Waals surface area contributed by atoms with Crippen LogP contribution in [-0.2, 0) is 4.79 Å². The fourth-order valence-corrected chi connectivity index (χ4v) is 1.87. The summed E-state index contributed by atoms with van der Waals surface area (Å²) in [7, 11) is 5.29. The van der Waals surface area contributed by atoms with Crippen molar-refractivity contribution in [1.29, 1.82) is 0 Å². The number of rotatable bonds is 4. The van der Waals surface area contributed by atoms with Gasteiger partial charge in [-0.2, -0.15) is 0 Å². The lowest BCUT2D eigenvalue weighted by Gasteiger charge is -2.21. The van der Waals surface area contributed by atoms with Crippen LogP contribution in [0.2, 0.25) is 5.02 Å². The zero-order valence-corrected chi connectivity index (χ0v) is 10.7. The van der Waals surface area contributed by atoms with Crippen LogP contribution in [0, 0.1) is 6.92 Å². The van der Waals surface area contributed by atoms with Crippen LogP contribution in [0.5, 0.6) is 5.75 Å². The van der Waals surface area contributed by atoms with Gasteiger partial charge in [0.2, 0.25) is 0 Å². The van der Waals surface area contributed by atoms with Crippen molar-refractivity contribution in [3.05, 3.63) is 28.3 Å². The highest BCUT2D eigenvalue weighted by molar-refractivity contribution is 6.32. The largest absolute Gasteiger partial charge is 0.495 e. The van der Waals surface area contributed by atoms with E-state index in [2.05, 4.69) is 0 Å². The molecule has 3 nitrogen and oxygen atoms in total. The van der Waals surface area contributed by atoms with Crippen LogP contribution in [0.25, 0.3) is 0 Å². The van der Waals surface area contributed by atoms with Crippen molar-refractivity contribution < 1.29 is 9.53 Å². The Morgan fingerprint density at radius 1 is 1.44 bits per heavy atom. The molecule has 1 aromatic rings. The van der Waals surface area contributed by atoms with Gasteiger partial charge in [-0.1, -0.05) is 11.6 Å². The lowest BCUT2D eigenvalue weighted by molar-refractivity contribution is -0.111. The van der Waals surface area contributed by atoms with E-state index in [0.29, 0.717) is 10.8 Å². The lowest BCUT2D eigenvalue weighted by atomic mass is 10.0. The van der Waals surface area contributed by atoms with E-state index in [4.69, 9.17) is 16.3 Å². The summed E-state index contributed by atoms with van der Waals surface area (Å²) >= 11 is 6.05. The van der Waals surface area contributed by atoms with Gasteiger partial charge in [0, 0.05) is 0 Å². The SMILES string of the molecule is COc1cc(C)c(C(C=O)N(C)C)cc1Cl. The number of methoxy groups -OCH3 is 1. The molecule has 1 rings (SSSR count). The normalized spacial score (nSPS) is 12.6. The van der Waals surface area contributed by atoms with Crippen LogP contribution >= 0.6 is 11.6 Å². The number of ether oxygens (including phenoxy) is 1. The minimum absolute atomic E-state index is 0.275. The summed E-state index contributed by atoms with van der Waals surface area (Å²) in [4.78, 5) is 12.9. The number of likely N-dealkylation sites (N-methyl/N-ethyl adjacent to an activating group) is 1. The zero-order valence-electron chi connectivity index (χ0n) is 9.95. The average Bonchev–Trinajstić information content (AvgIpc) is 2.23. The molecule has 0 amide bonds. The monoisotopic (exact) mass is 241 g/mol. The van der Waals surface area contributed by atoms with Crippen LogP contribution in [0.3, 0.4) is 0 Å². The lowest BCUT2D eigenvalue weighted by Crippen LogP contribution is -2.21. The molecule has 88 valence electrons. The highest BCUT2D eigenvalue weighted by atomic mass is 35.5. The van der Waals surface area contributed by atoms with E-state index in [1.165, 1.54) is 0 Å². The van der Waals surface area contributed by atoms with Crippen LogP contribution in [0.15, 0.2) is 12.1 Å². The number of halogens is 1. The first-order valence-corrected chi connectivity index (χ1v) is 5.34. The molecule has 1 unspecified atom stereocenters. The first-order chi connectivity index (χ1) is 7.51. The van der Waals surface area contributed by atoms with E-state index in [0.717, 1.165) is 17.4 Å². The number of nitrogens with zero attached hydrogens (tertiary/aromatic N) is 1. The first-order valence-electron chi connectivity index (χ1n) is 4.97. The van der Waals surface area contributed by atoms with Crippen LogP contribution in [0.1, 0.15) is 17.2 Å². The molecule has 0 N–H and O–H groups in total. The molecule has 0 aliphatic rings. The third kappa shape index (κ3) is 2.54. The summed E-state index contributed by atoms with van der Waals surface area (Å²) < 4.78 is 5.12. The molecule has 0 aromatic heterocycles. The van der Waals surface area contributed by atoms with Crippen molar-refractivity contribution in [2.45, 2.75) is 13.0 Å². The summed E-state index contributed by atoms with van der Waals surface area (Å²) in [6.45, 7) is 1.94. The summed E-state index contributed by atoms with van der Waals surface area (Å²) in [6.07, 6.45) is 0.908. The Morgan fingerprint density at radius 2 is 2.06 bits per heavy atom. The van der Waals surface area contributed by atoms with E-state index in [-0.39, 0.29) is 6.04 Å². The van der Waals surface area contributed by atoms with Crippen molar-refractivity contribution >= 4 is 17.9 Å². The summed E-state index contributed by atoms with van der Waals surface area (Å²) in [5.74, 6) is 0.631. The van der Waals surface area contributed by atoms with Crippen LogP contribution < -0.4 is 4.74 Å². The van der Waals surface area contributed by atoms with Crippen LogP contribution in [0.4, 0.5) is 0 Å². The average molecular weight is 242 g/mol. The number of aldehydes is 1. The second-order valence-electron chi connectivity index (χ2n) is 3.89. The number of carbonyl (C=O) groups is 1. The van der Waals surface area contributed by atoms with E-state index >= 15 is 0 Å².